The normalized spacial score (nSPS) is 22.6. The molecule has 0 atom stereocenters. The van der Waals surface area contributed by atoms with Gasteiger partial charge in [0.25, 0.3) is 0 Å². The predicted octanol–water partition coefficient (Wildman–Crippen LogP) is 1.32. The fourth-order valence-electron chi connectivity index (χ4n) is 1.78. The van der Waals surface area contributed by atoms with Crippen molar-refractivity contribution in [2.75, 3.05) is 27.5 Å². The topological polar surface area (TPSA) is 65.2 Å². The quantitative estimate of drug-likeness (QED) is 0.846. The lowest BCUT2D eigenvalue weighted by atomic mass is 10.1. The second kappa shape index (κ2) is 5.95. The van der Waals surface area contributed by atoms with E-state index < -0.39 is 53.5 Å². The monoisotopic (exact) mass is 306 g/mol. The van der Waals surface area contributed by atoms with Crippen LogP contribution in [0.2, 0.25) is 2.82 Å². The van der Waals surface area contributed by atoms with Gasteiger partial charge in [0.1, 0.15) is 1.41 Å². The Labute approximate surface area is 135 Å². The number of H-pyrrole nitrogens is 1. The van der Waals surface area contributed by atoms with Crippen LogP contribution in [0.5, 0.6) is 0 Å². The molecule has 1 aromatic carbocycles. The van der Waals surface area contributed by atoms with Crippen LogP contribution in [0, 0.1) is 0 Å². The summed E-state index contributed by atoms with van der Waals surface area (Å²) in [4.78, 5) is 1.22. The average molecular weight is 306 g/mol. The van der Waals surface area contributed by atoms with Crippen molar-refractivity contribution in [3.8, 4) is 0 Å². The van der Waals surface area contributed by atoms with Crippen LogP contribution in [-0.4, -0.2) is 45.8 Å². The third kappa shape index (κ3) is 3.59. The van der Waals surface area contributed by atoms with Gasteiger partial charge in [-0.05, 0) is 50.7 Å². The van der Waals surface area contributed by atoms with E-state index in [1.807, 2.05) is 0 Å². The van der Waals surface area contributed by atoms with E-state index in [4.69, 9.17) is 15.2 Å². The van der Waals surface area contributed by atoms with Gasteiger partial charge < -0.3 is 9.88 Å². The Kier molecular flexibility index (Phi) is 1.84. The summed E-state index contributed by atoms with van der Waals surface area (Å²) >= 11 is 0. The molecule has 5 nitrogen and oxygen atoms in total. The number of hydrogen-bond donors (Lipinski definition) is 2. The Morgan fingerprint density at radius 1 is 1.65 bits per heavy atom. The first-order chi connectivity index (χ1) is 13.8. The minimum Gasteiger partial charge on any atom is -0.361 e. The van der Waals surface area contributed by atoms with Crippen LogP contribution in [0.4, 0.5) is 0 Å². The van der Waals surface area contributed by atoms with Crippen molar-refractivity contribution in [1.82, 2.24) is 14.6 Å². The minimum absolute atomic E-state index is 0.0103. The van der Waals surface area contributed by atoms with Crippen molar-refractivity contribution in [3.05, 3.63) is 35.5 Å². The van der Waals surface area contributed by atoms with Crippen LogP contribution in [-0.2, 0) is 22.2 Å². The number of sulfonamides is 1. The van der Waals surface area contributed by atoms with Gasteiger partial charge in [0.15, 0.2) is 1.41 Å². The highest BCUT2D eigenvalue weighted by Gasteiger charge is 2.11. The molecule has 110 valence electrons. The smallest absolute Gasteiger partial charge is 0.215 e. The Bertz CT molecular complexity index is 1080. The molecule has 6 heteroatoms. The lowest BCUT2D eigenvalue weighted by Gasteiger charge is -2.08. The third-order valence-electron chi connectivity index (χ3n) is 2.68. The Morgan fingerprint density at radius 3 is 3.25 bits per heavy atom. The highest BCUT2D eigenvalue weighted by atomic mass is 32.2. The summed E-state index contributed by atoms with van der Waals surface area (Å²) in [6, 6.07) is 3.89. The first-order valence-electron chi connectivity index (χ1n) is 11.1. The molecule has 1 heterocycles. The molecule has 0 aliphatic carbocycles. The summed E-state index contributed by atoms with van der Waals surface area (Å²) in [5.74, 6) is -0.844. The van der Waals surface area contributed by atoms with Crippen LogP contribution in [0.1, 0.15) is 23.5 Å². The molecule has 20 heavy (non-hydrogen) atoms. The molecule has 0 fully saturated rings. The number of likely N-dealkylation sites (N-methyl/N-ethyl adjacent to an activating group) is 1. The average Bonchev–Trinajstić information content (AvgIpc) is 2.82. The van der Waals surface area contributed by atoms with E-state index in [0.717, 1.165) is 7.05 Å². The van der Waals surface area contributed by atoms with Crippen molar-refractivity contribution in [3.63, 3.8) is 0 Å². The zero-order valence-corrected chi connectivity index (χ0v) is 11.5. The van der Waals surface area contributed by atoms with Gasteiger partial charge >= 0.3 is 0 Å². The van der Waals surface area contributed by atoms with Crippen molar-refractivity contribution in [1.29, 1.82) is 0 Å². The fraction of sp³-hybridized carbons (Fsp3) is 0.429. The van der Waals surface area contributed by atoms with Gasteiger partial charge in [0.2, 0.25) is 10.0 Å². The summed E-state index contributed by atoms with van der Waals surface area (Å²) in [6.45, 7) is -8.36. The van der Waals surface area contributed by atoms with Gasteiger partial charge in [-0.1, -0.05) is 6.07 Å². The molecule has 2 aromatic rings. The molecule has 0 aliphatic rings. The number of aromatic amines is 1. The maximum absolute atomic E-state index is 12.2. The summed E-state index contributed by atoms with van der Waals surface area (Å²) in [7, 11) is -3.48. The zero-order valence-electron chi connectivity index (χ0n) is 21.7. The first kappa shape index (κ1) is 6.17. The maximum Gasteiger partial charge on any atom is 0.215 e. The lowest BCUT2D eigenvalue weighted by molar-refractivity contribution is 0.414. The SMILES string of the molecule is [2H]c1c(CC([2H])([2H])N(C)C([2H])([2H])[2H])c2cc(CS(=O)(=O)N([2H])C([2H])([2H])[2H])ccc2n1[2H]. The molecule has 1 aromatic heterocycles. The van der Waals surface area contributed by atoms with Gasteiger partial charge in [-0.3, -0.25) is 0 Å². The van der Waals surface area contributed by atoms with Crippen LogP contribution in [0.25, 0.3) is 10.9 Å². The van der Waals surface area contributed by atoms with Crippen molar-refractivity contribution in [2.45, 2.75) is 12.2 Å². The van der Waals surface area contributed by atoms with Crippen LogP contribution < -0.4 is 4.72 Å². The molecule has 0 spiro atoms. The number of fused-ring (bicyclic) bond motifs is 1. The van der Waals surface area contributed by atoms with E-state index in [1.54, 1.807) is 0 Å². The zero-order chi connectivity index (χ0) is 24.2. The van der Waals surface area contributed by atoms with Gasteiger partial charge in [-0.25, -0.2) is 13.1 Å². The summed E-state index contributed by atoms with van der Waals surface area (Å²) in [5, 5.41) is 0.154. The number of rotatable bonds is 6. The predicted molar refractivity (Wildman–Crippen MR) is 82.2 cm³/mol. The van der Waals surface area contributed by atoms with E-state index in [9.17, 15) is 8.42 Å². The van der Waals surface area contributed by atoms with Gasteiger partial charge in [-0.2, -0.15) is 0 Å². The number of hydrogen-bond acceptors (Lipinski definition) is 3. The molecular formula is C14H21N3O2S. The number of nitrogens with one attached hydrogen (secondary N) is 2. The van der Waals surface area contributed by atoms with E-state index >= 15 is 0 Å². The molecule has 0 unspecified atom stereocenters. The Morgan fingerprint density at radius 2 is 2.50 bits per heavy atom. The first-order valence-corrected chi connectivity index (χ1v) is 7.28. The van der Waals surface area contributed by atoms with E-state index in [1.165, 1.54) is 18.2 Å². The molecule has 2 N–H and O–H groups in total. The number of nitrogens with zero attached hydrogens (tertiary/aromatic N) is 1. The van der Waals surface area contributed by atoms with Crippen molar-refractivity contribution in [2.24, 2.45) is 0 Å². The molecule has 0 amide bonds. The summed E-state index contributed by atoms with van der Waals surface area (Å²) in [5.41, 5.74) is 0.210. The third-order valence-corrected chi connectivity index (χ3v) is 3.65. The second-order valence-electron chi connectivity index (χ2n) is 4.27. The van der Waals surface area contributed by atoms with Gasteiger partial charge in [-0.15, -0.1) is 0 Å². The maximum atomic E-state index is 12.2. The van der Waals surface area contributed by atoms with E-state index in [-0.39, 0.29) is 22.0 Å². The number of aromatic nitrogens is 1. The molecule has 0 bridgehead atoms. The summed E-state index contributed by atoms with van der Waals surface area (Å²) in [6.07, 6.45) is -0.971. The molecule has 0 radical (unpaired) electrons. The Hall–Kier alpha value is -1.37. The molecule has 2 rings (SSSR count). The minimum atomic E-state index is -4.54. The van der Waals surface area contributed by atoms with Crippen LogP contribution in [0.15, 0.2) is 24.4 Å². The van der Waals surface area contributed by atoms with Gasteiger partial charge in [0, 0.05) is 34.5 Å². The van der Waals surface area contributed by atoms with E-state index in [0.29, 0.717) is 9.88 Å². The Balaban J connectivity index is 2.52. The highest BCUT2D eigenvalue weighted by molar-refractivity contribution is 7.88. The molecule has 0 saturated carbocycles. The van der Waals surface area contributed by atoms with E-state index in [2.05, 4.69) is 0 Å². The van der Waals surface area contributed by atoms with Crippen LogP contribution >= 0.6 is 0 Å². The molecular weight excluding hydrogens is 274 g/mol. The molecule has 0 saturated heterocycles. The van der Waals surface area contributed by atoms with Crippen LogP contribution in [0.3, 0.4) is 0 Å². The largest absolute Gasteiger partial charge is 0.361 e. The van der Waals surface area contributed by atoms with Gasteiger partial charge in [0.05, 0.1) is 7.12 Å². The molecule has 0 aliphatic heterocycles. The number of benzene rings is 1. The lowest BCUT2D eigenvalue weighted by Crippen LogP contribution is -2.20. The summed E-state index contributed by atoms with van der Waals surface area (Å²) < 4.78 is 107. The van der Waals surface area contributed by atoms with Crippen molar-refractivity contribution >= 4 is 20.9 Å². The highest BCUT2D eigenvalue weighted by Crippen LogP contribution is 2.21. The number of aryl methyl sites for hydroxylation is 1. The fourth-order valence-corrected chi connectivity index (χ4v) is 2.44. The standard InChI is InChI=1S/C14H21N3O2S/c1-15-20(18,19)10-11-4-5-14-13(8-11)12(9-16-14)6-7-17(2)3/h4-5,8-9,15-16H,6-7,10H2,1-3H3/i1D3,2D3,7D2,9D/hD2. The van der Waals surface area contributed by atoms with Crippen molar-refractivity contribution < 1.29 is 23.6 Å². The second-order valence-corrected chi connectivity index (χ2v) is 5.90.